The molecule has 17 heavy (non-hydrogen) atoms. The largest absolute Gasteiger partial charge is 0.480 e. The van der Waals surface area contributed by atoms with Gasteiger partial charge < -0.3 is 5.11 Å². The summed E-state index contributed by atoms with van der Waals surface area (Å²) in [4.78, 5) is 13.4. The van der Waals surface area contributed by atoms with Crippen LogP contribution in [0.25, 0.3) is 0 Å². The van der Waals surface area contributed by atoms with Crippen LogP contribution in [0.4, 0.5) is 0 Å². The summed E-state index contributed by atoms with van der Waals surface area (Å²) in [5.74, 6) is 0.165. The molecule has 0 aromatic rings. The summed E-state index contributed by atoms with van der Waals surface area (Å²) in [7, 11) is 2.00. The number of hydrogen-bond donors (Lipinski definition) is 1. The van der Waals surface area contributed by atoms with Gasteiger partial charge in [0, 0.05) is 6.04 Å². The lowest BCUT2D eigenvalue weighted by Gasteiger charge is -2.37. The van der Waals surface area contributed by atoms with Gasteiger partial charge in [-0.3, -0.25) is 9.69 Å². The van der Waals surface area contributed by atoms with Crippen molar-refractivity contribution in [3.05, 3.63) is 0 Å². The minimum absolute atomic E-state index is 0.284. The van der Waals surface area contributed by atoms with Gasteiger partial charge in [0.25, 0.3) is 0 Å². The van der Waals surface area contributed by atoms with E-state index in [1.54, 1.807) is 0 Å². The zero-order chi connectivity index (χ0) is 12.8. The molecule has 1 saturated carbocycles. The normalized spacial score (nSPS) is 27.1. The van der Waals surface area contributed by atoms with Gasteiger partial charge in [-0.2, -0.15) is 0 Å². The van der Waals surface area contributed by atoms with Crippen LogP contribution in [0.1, 0.15) is 58.8 Å². The first-order valence-corrected chi connectivity index (χ1v) is 7.01. The fourth-order valence-corrected chi connectivity index (χ4v) is 2.80. The molecule has 1 aliphatic carbocycles. The molecular formula is C14H27NO2. The fourth-order valence-electron chi connectivity index (χ4n) is 2.80. The number of carboxylic acids is 1. The molecule has 0 bridgehead atoms. The Bertz CT molecular complexity index is 234. The van der Waals surface area contributed by atoms with Crippen LogP contribution in [0, 0.1) is 5.92 Å². The summed E-state index contributed by atoms with van der Waals surface area (Å²) in [5.41, 5.74) is 0. The molecule has 0 radical (unpaired) electrons. The Morgan fingerprint density at radius 2 is 1.94 bits per heavy atom. The third kappa shape index (κ3) is 4.30. The zero-order valence-corrected chi connectivity index (χ0v) is 11.5. The van der Waals surface area contributed by atoms with Crippen LogP contribution >= 0.6 is 0 Å². The highest BCUT2D eigenvalue weighted by molar-refractivity contribution is 5.73. The van der Waals surface area contributed by atoms with Crippen molar-refractivity contribution in [3.63, 3.8) is 0 Å². The Balaban J connectivity index is 2.51. The molecule has 1 aliphatic rings. The maximum Gasteiger partial charge on any atom is 0.320 e. The summed E-state index contributed by atoms with van der Waals surface area (Å²) >= 11 is 0. The summed E-state index contributed by atoms with van der Waals surface area (Å²) < 4.78 is 0. The van der Waals surface area contributed by atoms with Gasteiger partial charge in [0.05, 0.1) is 0 Å². The Hall–Kier alpha value is -0.570. The minimum atomic E-state index is -0.653. The fraction of sp³-hybridized carbons (Fsp3) is 0.929. The first-order valence-electron chi connectivity index (χ1n) is 7.01. The van der Waals surface area contributed by atoms with Gasteiger partial charge in [0.15, 0.2) is 0 Å². The molecular weight excluding hydrogens is 214 g/mol. The lowest BCUT2D eigenvalue weighted by atomic mass is 9.86. The third-order valence-corrected chi connectivity index (χ3v) is 4.17. The Labute approximate surface area is 105 Å². The van der Waals surface area contributed by atoms with Gasteiger partial charge >= 0.3 is 5.97 Å². The zero-order valence-electron chi connectivity index (χ0n) is 11.5. The van der Waals surface area contributed by atoms with Crippen molar-refractivity contribution < 1.29 is 9.90 Å². The van der Waals surface area contributed by atoms with Crippen molar-refractivity contribution in [2.24, 2.45) is 5.92 Å². The van der Waals surface area contributed by atoms with E-state index in [1.807, 2.05) is 7.05 Å². The van der Waals surface area contributed by atoms with Crippen molar-refractivity contribution >= 4 is 5.97 Å². The van der Waals surface area contributed by atoms with E-state index >= 15 is 0 Å². The van der Waals surface area contributed by atoms with Gasteiger partial charge in [0.2, 0.25) is 0 Å². The number of hydrogen-bond acceptors (Lipinski definition) is 2. The van der Waals surface area contributed by atoms with Crippen LogP contribution in [0.15, 0.2) is 0 Å². The molecule has 1 unspecified atom stereocenters. The third-order valence-electron chi connectivity index (χ3n) is 4.17. The van der Waals surface area contributed by atoms with E-state index in [0.29, 0.717) is 6.04 Å². The van der Waals surface area contributed by atoms with Crippen LogP contribution < -0.4 is 0 Å². The maximum absolute atomic E-state index is 11.3. The molecule has 0 spiro atoms. The van der Waals surface area contributed by atoms with Gasteiger partial charge in [-0.15, -0.1) is 0 Å². The molecule has 0 aliphatic heterocycles. The summed E-state index contributed by atoms with van der Waals surface area (Å²) in [5, 5.41) is 9.31. The SMILES string of the molecule is CCCCC(C(=O)O)N(C)C1CCC(C)CC1. The average Bonchev–Trinajstić information content (AvgIpc) is 2.29. The van der Waals surface area contributed by atoms with E-state index in [-0.39, 0.29) is 6.04 Å². The van der Waals surface area contributed by atoms with Crippen molar-refractivity contribution in [3.8, 4) is 0 Å². The first kappa shape index (κ1) is 14.5. The number of unbranched alkanes of at least 4 members (excludes halogenated alkanes) is 1. The Morgan fingerprint density at radius 1 is 1.35 bits per heavy atom. The van der Waals surface area contributed by atoms with Crippen LogP contribution in [0.3, 0.4) is 0 Å². The first-order chi connectivity index (χ1) is 8.06. The van der Waals surface area contributed by atoms with Gasteiger partial charge in [-0.1, -0.05) is 26.7 Å². The van der Waals surface area contributed by atoms with Crippen molar-refractivity contribution in [1.29, 1.82) is 0 Å². The molecule has 3 heteroatoms. The average molecular weight is 241 g/mol. The minimum Gasteiger partial charge on any atom is -0.480 e. The molecule has 1 N–H and O–H groups in total. The molecule has 0 heterocycles. The van der Waals surface area contributed by atoms with Gasteiger partial charge in [-0.25, -0.2) is 0 Å². The Kier molecular flexibility index (Phi) is 5.96. The van der Waals surface area contributed by atoms with Gasteiger partial charge in [-0.05, 0) is 45.1 Å². The highest BCUT2D eigenvalue weighted by Gasteiger charge is 2.29. The molecule has 100 valence electrons. The topological polar surface area (TPSA) is 40.5 Å². The van der Waals surface area contributed by atoms with Crippen molar-refractivity contribution in [2.45, 2.75) is 70.9 Å². The smallest absolute Gasteiger partial charge is 0.320 e. The van der Waals surface area contributed by atoms with Crippen LogP contribution in [-0.4, -0.2) is 35.1 Å². The van der Waals surface area contributed by atoms with Gasteiger partial charge in [0.1, 0.15) is 6.04 Å². The van der Waals surface area contributed by atoms with E-state index in [9.17, 15) is 9.90 Å². The summed E-state index contributed by atoms with van der Waals surface area (Å²) in [6, 6.07) is 0.192. The number of carbonyl (C=O) groups is 1. The van der Waals surface area contributed by atoms with E-state index < -0.39 is 5.97 Å². The monoisotopic (exact) mass is 241 g/mol. The number of carboxylic acid groups (broad SMARTS) is 1. The Morgan fingerprint density at radius 3 is 2.41 bits per heavy atom. The van der Waals surface area contributed by atoms with Crippen LogP contribution in [0.2, 0.25) is 0 Å². The summed E-state index contributed by atoms with van der Waals surface area (Å²) in [6.07, 6.45) is 7.67. The quantitative estimate of drug-likeness (QED) is 0.776. The second-order valence-electron chi connectivity index (χ2n) is 5.58. The van der Waals surface area contributed by atoms with Crippen LogP contribution in [-0.2, 0) is 4.79 Å². The highest BCUT2D eigenvalue weighted by atomic mass is 16.4. The second kappa shape index (κ2) is 7.00. The molecule has 0 amide bonds. The number of rotatable bonds is 6. The number of aliphatic carboxylic acids is 1. The molecule has 0 aromatic carbocycles. The lowest BCUT2D eigenvalue weighted by Crippen LogP contribution is -2.46. The van der Waals surface area contributed by atoms with E-state index in [1.165, 1.54) is 12.8 Å². The standard InChI is InChI=1S/C14H27NO2/c1-4-5-6-13(14(16)17)15(3)12-9-7-11(2)8-10-12/h11-13H,4-10H2,1-3H3,(H,16,17). The van der Waals surface area contributed by atoms with E-state index in [0.717, 1.165) is 38.0 Å². The van der Waals surface area contributed by atoms with Crippen LogP contribution in [0.5, 0.6) is 0 Å². The molecule has 3 nitrogen and oxygen atoms in total. The molecule has 0 saturated heterocycles. The summed E-state index contributed by atoms with van der Waals surface area (Å²) in [6.45, 7) is 4.41. The van der Waals surface area contributed by atoms with Crippen molar-refractivity contribution in [2.75, 3.05) is 7.05 Å². The molecule has 1 atom stereocenters. The molecule has 1 rings (SSSR count). The predicted molar refractivity (Wildman–Crippen MR) is 70.1 cm³/mol. The predicted octanol–water partition coefficient (Wildman–Crippen LogP) is 3.14. The highest BCUT2D eigenvalue weighted by Crippen LogP contribution is 2.28. The second-order valence-corrected chi connectivity index (χ2v) is 5.58. The number of nitrogens with zero attached hydrogens (tertiary/aromatic N) is 1. The van der Waals surface area contributed by atoms with Crippen molar-refractivity contribution in [1.82, 2.24) is 4.90 Å². The van der Waals surface area contributed by atoms with E-state index in [2.05, 4.69) is 18.7 Å². The molecule has 0 aromatic heterocycles. The molecule has 1 fully saturated rings. The van der Waals surface area contributed by atoms with E-state index in [4.69, 9.17) is 0 Å². The number of likely N-dealkylation sites (N-methyl/N-ethyl adjacent to an activating group) is 1. The maximum atomic E-state index is 11.3. The lowest BCUT2D eigenvalue weighted by molar-refractivity contribution is -0.144.